The Morgan fingerprint density at radius 1 is 1.80 bits per heavy atom. The number of hydrogen-bond acceptors (Lipinski definition) is 1. The van der Waals surface area contributed by atoms with Crippen LogP contribution in [0, 0.1) is 0 Å². The average molecular weight is 252 g/mol. The van der Waals surface area contributed by atoms with Crippen LogP contribution in [0.4, 0.5) is 0 Å². The summed E-state index contributed by atoms with van der Waals surface area (Å²) in [4.78, 5) is 9.00. The third-order valence-corrected chi connectivity index (χ3v) is 0. The fourth-order valence-corrected chi connectivity index (χ4v) is 0. The SMILES string of the molecule is CC(=O)O.[Ir]. The van der Waals surface area contributed by atoms with E-state index in [4.69, 9.17) is 9.90 Å². The Bertz CT molecular complexity index is 30.6. The molecule has 2 nitrogen and oxygen atoms in total. The van der Waals surface area contributed by atoms with Gasteiger partial charge in [-0.05, 0) is 0 Å². The van der Waals surface area contributed by atoms with Gasteiger partial charge in [-0.3, -0.25) is 4.79 Å². The van der Waals surface area contributed by atoms with Crippen molar-refractivity contribution in [3.05, 3.63) is 0 Å². The van der Waals surface area contributed by atoms with Crippen molar-refractivity contribution in [1.82, 2.24) is 0 Å². The molecular weight excluding hydrogens is 248 g/mol. The Hall–Kier alpha value is 0.119. The van der Waals surface area contributed by atoms with Gasteiger partial charge in [0.05, 0.1) is 0 Å². The first-order chi connectivity index (χ1) is 1.73. The number of hydrogen-bond donors (Lipinski definition) is 1. The number of carboxylic acid groups (broad SMARTS) is 1. The third kappa shape index (κ3) is 1300. The Morgan fingerprint density at radius 2 is 1.80 bits per heavy atom. The van der Waals surface area contributed by atoms with Gasteiger partial charge in [-0.1, -0.05) is 0 Å². The number of rotatable bonds is 0. The minimum atomic E-state index is -0.833. The van der Waals surface area contributed by atoms with Crippen molar-refractivity contribution in [2.75, 3.05) is 0 Å². The summed E-state index contributed by atoms with van der Waals surface area (Å²) in [5.41, 5.74) is 0. The Labute approximate surface area is 43.5 Å². The van der Waals surface area contributed by atoms with E-state index in [-0.39, 0.29) is 20.1 Å². The van der Waals surface area contributed by atoms with Gasteiger partial charge < -0.3 is 5.11 Å². The van der Waals surface area contributed by atoms with E-state index in [1.54, 1.807) is 0 Å². The number of aliphatic carboxylic acids is 1. The molecule has 0 aliphatic rings. The molecule has 0 saturated carbocycles. The fraction of sp³-hybridized carbons (Fsp3) is 0.500. The summed E-state index contributed by atoms with van der Waals surface area (Å²) in [5.74, 6) is -0.833. The molecule has 0 atom stereocenters. The number of carboxylic acids is 1. The van der Waals surface area contributed by atoms with Crippen molar-refractivity contribution in [2.24, 2.45) is 0 Å². The van der Waals surface area contributed by atoms with Crippen molar-refractivity contribution in [1.29, 1.82) is 0 Å². The van der Waals surface area contributed by atoms with Crippen LogP contribution in [0.15, 0.2) is 0 Å². The summed E-state index contributed by atoms with van der Waals surface area (Å²) in [5, 5.41) is 7.42. The van der Waals surface area contributed by atoms with Crippen LogP contribution in [0.25, 0.3) is 0 Å². The maximum atomic E-state index is 9.00. The minimum absolute atomic E-state index is 0. The summed E-state index contributed by atoms with van der Waals surface area (Å²) in [6.07, 6.45) is 0. The minimum Gasteiger partial charge on any atom is -0.481 e. The van der Waals surface area contributed by atoms with Crippen LogP contribution in [0.2, 0.25) is 0 Å². The molecule has 0 amide bonds. The van der Waals surface area contributed by atoms with Gasteiger partial charge in [0.1, 0.15) is 0 Å². The second kappa shape index (κ2) is 4.12. The molecule has 0 heterocycles. The molecule has 0 aliphatic heterocycles. The van der Waals surface area contributed by atoms with Crippen LogP contribution < -0.4 is 0 Å². The van der Waals surface area contributed by atoms with Crippen LogP contribution in [0.5, 0.6) is 0 Å². The van der Waals surface area contributed by atoms with E-state index in [2.05, 4.69) is 0 Å². The van der Waals surface area contributed by atoms with Crippen LogP contribution in [-0.4, -0.2) is 11.1 Å². The zero-order chi connectivity index (χ0) is 3.58. The van der Waals surface area contributed by atoms with E-state index >= 15 is 0 Å². The average Bonchev–Trinajstić information content (AvgIpc) is 0.811. The van der Waals surface area contributed by atoms with Crippen molar-refractivity contribution in [3.8, 4) is 0 Å². The van der Waals surface area contributed by atoms with Crippen molar-refractivity contribution in [3.63, 3.8) is 0 Å². The molecule has 0 bridgehead atoms. The summed E-state index contributed by atoms with van der Waals surface area (Å²) in [6.45, 7) is 1.08. The molecular formula is C2H4IrO2. The molecule has 3 heteroatoms. The van der Waals surface area contributed by atoms with Crippen molar-refractivity contribution in [2.45, 2.75) is 6.92 Å². The maximum Gasteiger partial charge on any atom is 0.300 e. The molecule has 0 aliphatic carbocycles. The van der Waals surface area contributed by atoms with Crippen LogP contribution >= 0.6 is 0 Å². The molecule has 0 aromatic rings. The van der Waals surface area contributed by atoms with E-state index in [0.717, 1.165) is 6.92 Å². The molecule has 0 aromatic heterocycles. The van der Waals surface area contributed by atoms with Crippen LogP contribution in [-0.2, 0) is 24.9 Å². The van der Waals surface area contributed by atoms with Gasteiger partial charge in [0.2, 0.25) is 0 Å². The standard InChI is InChI=1S/C2H4O2.Ir/c1-2(3)4;/h1H3,(H,3,4);. The van der Waals surface area contributed by atoms with E-state index < -0.39 is 5.97 Å². The van der Waals surface area contributed by atoms with E-state index in [1.165, 1.54) is 0 Å². The Morgan fingerprint density at radius 3 is 1.80 bits per heavy atom. The van der Waals surface area contributed by atoms with Gasteiger partial charge >= 0.3 is 0 Å². The van der Waals surface area contributed by atoms with Gasteiger partial charge in [-0.15, -0.1) is 0 Å². The predicted octanol–water partition coefficient (Wildman–Crippen LogP) is 0.0884. The second-order valence-electron chi connectivity index (χ2n) is 0.519. The Kier molecular flexibility index (Phi) is 7.36. The van der Waals surface area contributed by atoms with E-state index in [1.807, 2.05) is 0 Å². The molecule has 33 valence electrons. The molecule has 1 N–H and O–H groups in total. The van der Waals surface area contributed by atoms with Crippen LogP contribution in [0.1, 0.15) is 6.92 Å². The van der Waals surface area contributed by atoms with Gasteiger partial charge in [0.15, 0.2) is 0 Å². The van der Waals surface area contributed by atoms with Crippen LogP contribution in [0.3, 0.4) is 0 Å². The summed E-state index contributed by atoms with van der Waals surface area (Å²) >= 11 is 0. The first kappa shape index (κ1) is 8.93. The smallest absolute Gasteiger partial charge is 0.300 e. The predicted molar refractivity (Wildman–Crippen MR) is 13.3 cm³/mol. The molecule has 5 heavy (non-hydrogen) atoms. The topological polar surface area (TPSA) is 37.3 Å². The molecule has 0 spiro atoms. The number of carbonyl (C=O) groups is 1. The summed E-state index contributed by atoms with van der Waals surface area (Å²) in [6, 6.07) is 0. The normalized spacial score (nSPS) is 5.00. The molecule has 0 fully saturated rings. The molecule has 1 radical (unpaired) electrons. The van der Waals surface area contributed by atoms with Crippen molar-refractivity contribution >= 4 is 5.97 Å². The first-order valence-electron chi connectivity index (χ1n) is 0.928. The fourth-order valence-electron chi connectivity index (χ4n) is 0. The quantitative estimate of drug-likeness (QED) is 0.663. The zero-order valence-electron chi connectivity index (χ0n) is 2.69. The molecule has 0 unspecified atom stereocenters. The monoisotopic (exact) mass is 253 g/mol. The maximum absolute atomic E-state index is 9.00. The molecule has 0 rings (SSSR count). The molecule has 0 saturated heterocycles. The van der Waals surface area contributed by atoms with E-state index in [9.17, 15) is 0 Å². The summed E-state index contributed by atoms with van der Waals surface area (Å²) in [7, 11) is 0. The summed E-state index contributed by atoms with van der Waals surface area (Å²) < 4.78 is 0. The largest absolute Gasteiger partial charge is 0.481 e. The zero-order valence-corrected chi connectivity index (χ0v) is 5.08. The van der Waals surface area contributed by atoms with Gasteiger partial charge in [-0.25, -0.2) is 0 Å². The third-order valence-electron chi connectivity index (χ3n) is 0. The Balaban J connectivity index is 0. The van der Waals surface area contributed by atoms with E-state index in [0.29, 0.717) is 0 Å². The van der Waals surface area contributed by atoms with Gasteiger partial charge in [0.25, 0.3) is 5.97 Å². The van der Waals surface area contributed by atoms with Gasteiger partial charge in [-0.2, -0.15) is 0 Å². The van der Waals surface area contributed by atoms with Gasteiger partial charge in [0, 0.05) is 27.0 Å². The second-order valence-corrected chi connectivity index (χ2v) is 0.519. The first-order valence-corrected chi connectivity index (χ1v) is 0.928. The van der Waals surface area contributed by atoms with Crippen molar-refractivity contribution < 1.29 is 30.0 Å². The molecule has 0 aromatic carbocycles.